The second kappa shape index (κ2) is 10.3. The van der Waals surface area contributed by atoms with Gasteiger partial charge in [-0.2, -0.15) is 26.3 Å². The number of nitrogens with one attached hydrogen (secondary N) is 2. The smallest absolute Gasteiger partial charge is 0.389 e. The monoisotopic (exact) mass is 591 g/mol. The molecule has 0 unspecified atom stereocenters. The van der Waals surface area contributed by atoms with Crippen LogP contribution in [0.3, 0.4) is 0 Å². The first kappa shape index (κ1) is 29.8. The van der Waals surface area contributed by atoms with Gasteiger partial charge in [0.1, 0.15) is 11.5 Å². The zero-order chi connectivity index (χ0) is 29.7. The highest BCUT2D eigenvalue weighted by Crippen LogP contribution is 2.57. The average Bonchev–Trinajstić information content (AvgIpc) is 3.34. The van der Waals surface area contributed by atoms with Gasteiger partial charge in [-0.3, -0.25) is 9.59 Å². The van der Waals surface area contributed by atoms with Gasteiger partial charge in [0.15, 0.2) is 5.01 Å². The van der Waals surface area contributed by atoms with E-state index >= 15 is 0 Å². The number of carbonyl (C=O) groups is 2. The lowest BCUT2D eigenvalue weighted by atomic mass is 10.1. The van der Waals surface area contributed by atoms with Crippen molar-refractivity contribution in [2.75, 3.05) is 25.0 Å². The summed E-state index contributed by atoms with van der Waals surface area (Å²) < 4.78 is 82.5. The van der Waals surface area contributed by atoms with Crippen molar-refractivity contribution in [1.29, 1.82) is 0 Å². The number of halogens is 6. The maximum atomic E-state index is 14.2. The lowest BCUT2D eigenvalue weighted by molar-refractivity contribution is -0.182. The molecule has 1 aliphatic heterocycles. The fraction of sp³-hybridized carbons (Fsp3) is 0.520. The van der Waals surface area contributed by atoms with Gasteiger partial charge in [-0.05, 0) is 45.6 Å². The van der Waals surface area contributed by atoms with Gasteiger partial charge in [-0.15, -0.1) is 11.3 Å². The predicted molar refractivity (Wildman–Crippen MR) is 135 cm³/mol. The van der Waals surface area contributed by atoms with Crippen LogP contribution in [0.1, 0.15) is 65.4 Å². The van der Waals surface area contributed by atoms with Gasteiger partial charge in [-0.25, -0.2) is 9.97 Å². The van der Waals surface area contributed by atoms with Crippen LogP contribution in [0, 0.1) is 5.41 Å². The molecule has 0 atom stereocenters. The molecule has 1 aliphatic carbocycles. The molecular weight excluding hydrogens is 564 g/mol. The summed E-state index contributed by atoms with van der Waals surface area (Å²) in [6.45, 7) is 6.12. The topological polar surface area (TPSA) is 107 Å². The van der Waals surface area contributed by atoms with Crippen molar-refractivity contribution in [3.8, 4) is 10.4 Å². The lowest BCUT2D eigenvalue weighted by Crippen LogP contribution is -2.38. The first-order valence-electron chi connectivity index (χ1n) is 12.3. The third-order valence-corrected chi connectivity index (χ3v) is 7.78. The fourth-order valence-electron chi connectivity index (χ4n) is 4.16. The highest BCUT2D eigenvalue weighted by molar-refractivity contribution is 7.17. The number of hydrogen-bond acceptors (Lipinski definition) is 7. The first-order valence-corrected chi connectivity index (χ1v) is 13.1. The van der Waals surface area contributed by atoms with E-state index in [1.165, 1.54) is 18.7 Å². The third kappa shape index (κ3) is 6.24. The van der Waals surface area contributed by atoms with Gasteiger partial charge in [0.2, 0.25) is 0 Å². The summed E-state index contributed by atoms with van der Waals surface area (Å²) in [6.07, 6.45) is -7.87. The fourth-order valence-corrected chi connectivity index (χ4v) is 5.16. The summed E-state index contributed by atoms with van der Waals surface area (Å²) in [7, 11) is 0. The zero-order valence-corrected chi connectivity index (χ0v) is 22.4. The molecule has 218 valence electrons. The molecule has 2 fully saturated rings. The van der Waals surface area contributed by atoms with E-state index in [0.29, 0.717) is 35.9 Å². The van der Waals surface area contributed by atoms with Crippen LogP contribution in [0.2, 0.25) is 0 Å². The highest BCUT2D eigenvalue weighted by Gasteiger charge is 2.63. The summed E-state index contributed by atoms with van der Waals surface area (Å²) in [5.41, 5.74) is -5.08. The number of amides is 2. The SMILES string of the molecule is C=C1CCCN1C(=O)c1nc(C(=O)NCC(C)(C)O)sc1-c1cnc(NCC2(C(F)(F)F)CC2)cc1C(F)(F)F. The Balaban J connectivity index is 1.74. The molecule has 1 saturated heterocycles. The summed E-state index contributed by atoms with van der Waals surface area (Å²) in [5, 5.41) is 14.4. The molecule has 40 heavy (non-hydrogen) atoms. The molecule has 2 aromatic heterocycles. The number of rotatable bonds is 8. The van der Waals surface area contributed by atoms with Gasteiger partial charge in [0, 0.05) is 37.1 Å². The van der Waals surface area contributed by atoms with E-state index in [4.69, 9.17) is 0 Å². The number of thiazole rings is 1. The highest BCUT2D eigenvalue weighted by atomic mass is 32.1. The molecule has 2 aliphatic rings. The molecule has 2 amide bonds. The van der Waals surface area contributed by atoms with Gasteiger partial charge in [-0.1, -0.05) is 6.58 Å². The number of aromatic nitrogens is 2. The minimum absolute atomic E-state index is 0.139. The molecule has 3 heterocycles. The molecule has 2 aromatic rings. The Labute approximate surface area is 229 Å². The molecule has 8 nitrogen and oxygen atoms in total. The van der Waals surface area contributed by atoms with Crippen LogP contribution in [0.25, 0.3) is 10.4 Å². The molecule has 0 radical (unpaired) electrons. The number of pyridine rings is 1. The van der Waals surface area contributed by atoms with Crippen molar-refractivity contribution in [2.45, 2.75) is 57.5 Å². The Bertz CT molecular complexity index is 1330. The second-order valence-corrected chi connectivity index (χ2v) is 11.6. The Morgan fingerprint density at radius 1 is 1.20 bits per heavy atom. The van der Waals surface area contributed by atoms with E-state index in [1.54, 1.807) is 0 Å². The quantitative estimate of drug-likeness (QED) is 0.363. The molecule has 0 bridgehead atoms. The van der Waals surface area contributed by atoms with Crippen molar-refractivity contribution in [2.24, 2.45) is 5.41 Å². The summed E-state index contributed by atoms with van der Waals surface area (Å²) in [5.74, 6) is -1.97. The molecular formula is C25H27F6N5O3S. The third-order valence-electron chi connectivity index (χ3n) is 6.70. The minimum atomic E-state index is -4.99. The van der Waals surface area contributed by atoms with E-state index in [9.17, 15) is 41.0 Å². The normalized spacial score (nSPS) is 17.2. The van der Waals surface area contributed by atoms with Crippen LogP contribution in [0.4, 0.5) is 32.2 Å². The Morgan fingerprint density at radius 2 is 1.88 bits per heavy atom. The van der Waals surface area contributed by atoms with Gasteiger partial charge >= 0.3 is 12.4 Å². The largest absolute Gasteiger partial charge is 0.417 e. The Morgan fingerprint density at radius 3 is 2.40 bits per heavy atom. The van der Waals surface area contributed by atoms with E-state index in [-0.39, 0.29) is 35.8 Å². The van der Waals surface area contributed by atoms with Crippen molar-refractivity contribution in [3.63, 3.8) is 0 Å². The standard InChI is InChI=1S/C25H27F6N5O3S/c1-13-5-4-8-36(13)21(38)17-18(40-20(35-17)19(37)34-11-22(2,3)39)14-10-32-16(9-15(14)24(26,27)28)33-12-23(6-7-23)25(29,30)31/h9-10,39H,1,4-8,11-12H2,2-3H3,(H,32,33)(H,34,37). The maximum Gasteiger partial charge on any atom is 0.417 e. The van der Waals surface area contributed by atoms with E-state index in [0.717, 1.165) is 6.20 Å². The summed E-state index contributed by atoms with van der Waals surface area (Å²) >= 11 is 0.536. The Hall–Kier alpha value is -3.20. The van der Waals surface area contributed by atoms with Crippen LogP contribution >= 0.6 is 11.3 Å². The number of hydrogen-bond donors (Lipinski definition) is 3. The second-order valence-electron chi connectivity index (χ2n) is 10.6. The van der Waals surface area contributed by atoms with Crippen LogP contribution in [-0.2, 0) is 6.18 Å². The lowest BCUT2D eigenvalue weighted by Gasteiger charge is -2.21. The van der Waals surface area contributed by atoms with E-state index in [2.05, 4.69) is 27.2 Å². The molecule has 15 heteroatoms. The number of likely N-dealkylation sites (tertiary alicyclic amines) is 1. The number of aliphatic hydroxyl groups is 1. The van der Waals surface area contributed by atoms with Crippen LogP contribution in [0.15, 0.2) is 24.5 Å². The van der Waals surface area contributed by atoms with Gasteiger partial charge < -0.3 is 20.6 Å². The van der Waals surface area contributed by atoms with Gasteiger partial charge in [0.05, 0.1) is 21.5 Å². The first-order chi connectivity index (χ1) is 18.4. The minimum Gasteiger partial charge on any atom is -0.389 e. The maximum absolute atomic E-state index is 14.2. The van der Waals surface area contributed by atoms with Crippen LogP contribution in [-0.4, -0.2) is 63.2 Å². The molecule has 1 saturated carbocycles. The number of anilines is 1. The van der Waals surface area contributed by atoms with Crippen molar-refractivity contribution >= 4 is 29.0 Å². The van der Waals surface area contributed by atoms with Crippen molar-refractivity contribution in [3.05, 3.63) is 40.8 Å². The zero-order valence-electron chi connectivity index (χ0n) is 21.6. The summed E-state index contributed by atoms with van der Waals surface area (Å²) in [4.78, 5) is 35.1. The van der Waals surface area contributed by atoms with Gasteiger partial charge in [0.25, 0.3) is 11.8 Å². The van der Waals surface area contributed by atoms with Crippen LogP contribution in [0.5, 0.6) is 0 Å². The summed E-state index contributed by atoms with van der Waals surface area (Å²) in [6, 6.07) is 0.582. The average molecular weight is 592 g/mol. The van der Waals surface area contributed by atoms with Crippen molar-refractivity contribution in [1.82, 2.24) is 20.2 Å². The molecule has 3 N–H and O–H groups in total. The van der Waals surface area contributed by atoms with Crippen LogP contribution < -0.4 is 10.6 Å². The van der Waals surface area contributed by atoms with Crippen molar-refractivity contribution < 1.29 is 41.0 Å². The number of carbonyl (C=O) groups excluding carboxylic acids is 2. The molecule has 0 aromatic carbocycles. The van der Waals surface area contributed by atoms with E-state index in [1.807, 2.05) is 0 Å². The number of nitrogens with zero attached hydrogens (tertiary/aromatic N) is 3. The molecule has 4 rings (SSSR count). The predicted octanol–water partition coefficient (Wildman–Crippen LogP) is 5.23. The number of allylic oxidation sites excluding steroid dienone is 1. The molecule has 0 spiro atoms. The number of alkyl halides is 6. The Kier molecular flexibility index (Phi) is 7.69. The van der Waals surface area contributed by atoms with E-state index < -0.39 is 64.4 Å².